The van der Waals surface area contributed by atoms with E-state index >= 15 is 0 Å². The van der Waals surface area contributed by atoms with Gasteiger partial charge in [-0.1, -0.05) is 0 Å². The normalized spacial score (nSPS) is 10.4. The number of nitrogens with one attached hydrogen (secondary N) is 1. The lowest BCUT2D eigenvalue weighted by Crippen LogP contribution is -2.14. The highest BCUT2D eigenvalue weighted by Crippen LogP contribution is 2.16. The van der Waals surface area contributed by atoms with Crippen LogP contribution in [0, 0.1) is 13.8 Å². The van der Waals surface area contributed by atoms with Crippen LogP contribution in [0.15, 0.2) is 11.4 Å². The van der Waals surface area contributed by atoms with Crippen LogP contribution in [0.2, 0.25) is 0 Å². The maximum absolute atomic E-state index is 11.8. The Morgan fingerprint density at radius 2 is 2.19 bits per heavy atom. The molecule has 1 N–H and O–H groups in total. The molecule has 0 unspecified atom stereocenters. The summed E-state index contributed by atoms with van der Waals surface area (Å²) < 4.78 is 6.93. The van der Waals surface area contributed by atoms with E-state index in [2.05, 4.69) is 15.4 Å². The number of aromatic nitrogens is 3. The van der Waals surface area contributed by atoms with Crippen LogP contribution in [-0.2, 0) is 16.1 Å². The first-order valence-corrected chi connectivity index (χ1v) is 7.25. The Hall–Kier alpha value is -2.22. The lowest BCUT2D eigenvalue weighted by Gasteiger charge is -2.05. The molecule has 8 heteroatoms. The molecule has 2 heterocycles. The summed E-state index contributed by atoms with van der Waals surface area (Å²) in [6, 6.07) is 1.96. The molecule has 0 aromatic carbocycles. The summed E-state index contributed by atoms with van der Waals surface area (Å²) in [6.45, 7) is 5.95. The number of thiazole rings is 1. The second-order valence-electron chi connectivity index (χ2n) is 4.51. The van der Waals surface area contributed by atoms with E-state index < -0.39 is 5.97 Å². The van der Waals surface area contributed by atoms with E-state index in [1.165, 1.54) is 18.3 Å². The van der Waals surface area contributed by atoms with E-state index in [-0.39, 0.29) is 18.2 Å². The predicted octanol–water partition coefficient (Wildman–Crippen LogP) is 1.77. The maximum Gasteiger partial charge on any atom is 0.357 e. The van der Waals surface area contributed by atoms with Crippen molar-refractivity contribution in [3.8, 4) is 0 Å². The van der Waals surface area contributed by atoms with Gasteiger partial charge in [-0.2, -0.15) is 5.10 Å². The smallest absolute Gasteiger partial charge is 0.357 e. The summed E-state index contributed by atoms with van der Waals surface area (Å²) in [5.41, 5.74) is 2.14. The fourth-order valence-electron chi connectivity index (χ4n) is 1.78. The molecule has 0 saturated carbocycles. The highest BCUT2D eigenvalue weighted by Gasteiger charge is 2.13. The number of ether oxygens (including phenoxy) is 1. The molecule has 0 fully saturated rings. The first kappa shape index (κ1) is 15.2. The van der Waals surface area contributed by atoms with Gasteiger partial charge in [-0.15, -0.1) is 11.3 Å². The Morgan fingerprint density at radius 3 is 2.81 bits per heavy atom. The third kappa shape index (κ3) is 4.12. The molecule has 112 valence electrons. The fourth-order valence-corrected chi connectivity index (χ4v) is 2.50. The van der Waals surface area contributed by atoms with Crippen LogP contribution >= 0.6 is 11.3 Å². The van der Waals surface area contributed by atoms with Gasteiger partial charge in [-0.05, 0) is 19.9 Å². The Balaban J connectivity index is 1.85. The molecule has 0 atom stereocenters. The molecule has 0 aliphatic rings. The number of rotatable bonds is 5. The molecule has 1 amide bonds. The van der Waals surface area contributed by atoms with Crippen molar-refractivity contribution in [2.45, 2.75) is 27.3 Å². The average molecular weight is 308 g/mol. The van der Waals surface area contributed by atoms with Crippen molar-refractivity contribution in [1.82, 2.24) is 14.8 Å². The van der Waals surface area contributed by atoms with Crippen LogP contribution in [0.25, 0.3) is 0 Å². The molecular weight excluding hydrogens is 292 g/mol. The largest absolute Gasteiger partial charge is 0.459 e. The zero-order valence-electron chi connectivity index (χ0n) is 12.0. The van der Waals surface area contributed by atoms with Crippen LogP contribution in [-0.4, -0.2) is 33.2 Å². The molecule has 2 aromatic heterocycles. The van der Waals surface area contributed by atoms with Gasteiger partial charge in [-0.25, -0.2) is 9.78 Å². The first-order chi connectivity index (χ1) is 9.95. The van der Waals surface area contributed by atoms with Crippen LogP contribution in [0.4, 0.5) is 5.13 Å². The Bertz CT molecular complexity index is 662. The van der Waals surface area contributed by atoms with Crippen molar-refractivity contribution in [3.05, 3.63) is 28.5 Å². The van der Waals surface area contributed by atoms with E-state index in [1.54, 1.807) is 10.1 Å². The molecule has 0 radical (unpaired) electrons. The lowest BCUT2D eigenvalue weighted by molar-refractivity contribution is -0.114. The lowest BCUT2D eigenvalue weighted by atomic mass is 10.4. The monoisotopic (exact) mass is 308 g/mol. The van der Waals surface area contributed by atoms with Gasteiger partial charge in [0.15, 0.2) is 10.8 Å². The Morgan fingerprint density at radius 1 is 1.43 bits per heavy atom. The molecule has 7 nitrogen and oxygen atoms in total. The topological polar surface area (TPSA) is 86.1 Å². The van der Waals surface area contributed by atoms with Gasteiger partial charge in [0.05, 0.1) is 12.2 Å². The van der Waals surface area contributed by atoms with Crippen LogP contribution in [0.5, 0.6) is 0 Å². The summed E-state index contributed by atoms with van der Waals surface area (Å²) >= 11 is 1.18. The molecule has 0 bridgehead atoms. The van der Waals surface area contributed by atoms with Gasteiger partial charge in [0, 0.05) is 18.0 Å². The summed E-state index contributed by atoms with van der Waals surface area (Å²) in [7, 11) is 0. The van der Waals surface area contributed by atoms with Gasteiger partial charge in [0.1, 0.15) is 6.61 Å². The zero-order chi connectivity index (χ0) is 15.4. The first-order valence-electron chi connectivity index (χ1n) is 6.37. The number of hydrogen-bond acceptors (Lipinski definition) is 6. The summed E-state index contributed by atoms with van der Waals surface area (Å²) in [6.07, 6.45) is 0. The molecule has 0 aliphatic heterocycles. The van der Waals surface area contributed by atoms with Crippen LogP contribution in [0.3, 0.4) is 0 Å². The standard InChI is InChI=1S/C13H16N4O3S/c1-8-6-9(2)17(16-8)4-5-20-12(19)11-7-21-13(15-11)14-10(3)18/h6-7H,4-5H2,1-3H3,(H,14,15,18). The maximum atomic E-state index is 11.8. The van der Waals surface area contributed by atoms with E-state index in [9.17, 15) is 9.59 Å². The van der Waals surface area contributed by atoms with Crippen LogP contribution < -0.4 is 5.32 Å². The van der Waals surface area contributed by atoms with Gasteiger partial charge >= 0.3 is 5.97 Å². The van der Waals surface area contributed by atoms with Gasteiger partial charge in [0.2, 0.25) is 5.91 Å². The molecular formula is C13H16N4O3S. The summed E-state index contributed by atoms with van der Waals surface area (Å²) in [5, 5.41) is 8.73. The highest BCUT2D eigenvalue weighted by molar-refractivity contribution is 7.14. The highest BCUT2D eigenvalue weighted by atomic mass is 32.1. The number of anilines is 1. The van der Waals surface area contributed by atoms with Crippen molar-refractivity contribution in [2.24, 2.45) is 0 Å². The van der Waals surface area contributed by atoms with Crippen molar-refractivity contribution in [1.29, 1.82) is 0 Å². The Labute approximate surface area is 125 Å². The third-order valence-corrected chi connectivity index (χ3v) is 3.39. The minimum atomic E-state index is -0.510. The van der Waals surface area contributed by atoms with Crippen molar-refractivity contribution >= 4 is 28.3 Å². The van der Waals surface area contributed by atoms with Crippen molar-refractivity contribution in [3.63, 3.8) is 0 Å². The molecule has 0 aliphatic carbocycles. The van der Waals surface area contributed by atoms with Gasteiger partial charge in [-0.3, -0.25) is 9.48 Å². The SMILES string of the molecule is CC(=O)Nc1nc(C(=O)OCCn2nc(C)cc2C)cs1. The molecule has 2 rings (SSSR count). The van der Waals surface area contributed by atoms with Crippen molar-refractivity contribution in [2.75, 3.05) is 11.9 Å². The number of esters is 1. The van der Waals surface area contributed by atoms with E-state index in [0.29, 0.717) is 11.7 Å². The van der Waals surface area contributed by atoms with Gasteiger partial charge in [0.25, 0.3) is 0 Å². The summed E-state index contributed by atoms with van der Waals surface area (Å²) in [4.78, 5) is 26.7. The number of amides is 1. The van der Waals surface area contributed by atoms with E-state index in [4.69, 9.17) is 4.74 Å². The van der Waals surface area contributed by atoms with E-state index in [1.807, 2.05) is 19.9 Å². The number of carbonyl (C=O) groups is 2. The van der Waals surface area contributed by atoms with Crippen molar-refractivity contribution < 1.29 is 14.3 Å². The zero-order valence-corrected chi connectivity index (χ0v) is 12.9. The predicted molar refractivity (Wildman–Crippen MR) is 78.4 cm³/mol. The quantitative estimate of drug-likeness (QED) is 0.851. The minimum absolute atomic E-state index is 0.192. The van der Waals surface area contributed by atoms with Crippen LogP contribution in [0.1, 0.15) is 28.8 Å². The molecule has 2 aromatic rings. The summed E-state index contributed by atoms with van der Waals surface area (Å²) in [5.74, 6) is -0.738. The van der Waals surface area contributed by atoms with E-state index in [0.717, 1.165) is 11.4 Å². The molecule has 21 heavy (non-hydrogen) atoms. The number of nitrogens with zero attached hydrogens (tertiary/aromatic N) is 3. The Kier molecular flexibility index (Phi) is 4.69. The van der Waals surface area contributed by atoms with Gasteiger partial charge < -0.3 is 10.1 Å². The average Bonchev–Trinajstić information content (AvgIpc) is 2.96. The fraction of sp³-hybridized carbons (Fsp3) is 0.385. The third-order valence-electron chi connectivity index (χ3n) is 2.64. The molecule has 0 saturated heterocycles. The number of aryl methyl sites for hydroxylation is 2. The minimum Gasteiger partial charge on any atom is -0.459 e. The molecule has 0 spiro atoms. The second kappa shape index (κ2) is 6.49. The number of carbonyl (C=O) groups excluding carboxylic acids is 2. The number of hydrogen-bond donors (Lipinski definition) is 1. The second-order valence-corrected chi connectivity index (χ2v) is 5.36.